The lowest BCUT2D eigenvalue weighted by Gasteiger charge is -2.14. The summed E-state index contributed by atoms with van der Waals surface area (Å²) in [6, 6.07) is 5.82. The highest BCUT2D eigenvalue weighted by molar-refractivity contribution is 5.62. The van der Waals surface area contributed by atoms with E-state index in [1.807, 2.05) is 18.2 Å². The Morgan fingerprint density at radius 1 is 1.00 bits per heavy atom. The SMILES string of the molecule is Nc1cccc(N)c1C1CCCC1. The van der Waals surface area contributed by atoms with E-state index in [4.69, 9.17) is 11.5 Å². The van der Waals surface area contributed by atoms with Crippen LogP contribution in [0.2, 0.25) is 0 Å². The van der Waals surface area contributed by atoms with Crippen LogP contribution in [0.25, 0.3) is 0 Å². The molecule has 0 aliphatic heterocycles. The van der Waals surface area contributed by atoms with E-state index in [0.717, 1.165) is 11.4 Å². The maximum Gasteiger partial charge on any atom is 0.0370 e. The van der Waals surface area contributed by atoms with E-state index in [1.54, 1.807) is 0 Å². The first-order valence-electron chi connectivity index (χ1n) is 4.93. The van der Waals surface area contributed by atoms with E-state index in [2.05, 4.69) is 0 Å². The van der Waals surface area contributed by atoms with Crippen LogP contribution in [-0.4, -0.2) is 0 Å². The molecule has 0 unspecified atom stereocenters. The number of nitrogen functional groups attached to an aromatic ring is 2. The van der Waals surface area contributed by atoms with Gasteiger partial charge in [0.1, 0.15) is 0 Å². The Balaban J connectivity index is 2.37. The van der Waals surface area contributed by atoms with Crippen LogP contribution in [0.15, 0.2) is 18.2 Å². The van der Waals surface area contributed by atoms with E-state index in [1.165, 1.54) is 31.2 Å². The Kier molecular flexibility index (Phi) is 2.13. The molecule has 1 saturated carbocycles. The molecule has 2 rings (SSSR count). The third-order valence-corrected chi connectivity index (χ3v) is 2.94. The first-order chi connectivity index (χ1) is 6.29. The van der Waals surface area contributed by atoms with E-state index in [9.17, 15) is 0 Å². The lowest BCUT2D eigenvalue weighted by atomic mass is 9.94. The summed E-state index contributed by atoms with van der Waals surface area (Å²) < 4.78 is 0. The molecule has 0 bridgehead atoms. The molecule has 0 spiro atoms. The van der Waals surface area contributed by atoms with Gasteiger partial charge in [-0.1, -0.05) is 18.9 Å². The fourth-order valence-electron chi connectivity index (χ4n) is 2.29. The Hall–Kier alpha value is -1.18. The number of rotatable bonds is 1. The first kappa shape index (κ1) is 8.42. The van der Waals surface area contributed by atoms with Crippen molar-refractivity contribution < 1.29 is 0 Å². The zero-order valence-corrected chi connectivity index (χ0v) is 7.79. The molecule has 70 valence electrons. The van der Waals surface area contributed by atoms with Crippen molar-refractivity contribution in [2.75, 3.05) is 11.5 Å². The van der Waals surface area contributed by atoms with Crippen LogP contribution in [0.3, 0.4) is 0 Å². The van der Waals surface area contributed by atoms with Gasteiger partial charge in [-0.2, -0.15) is 0 Å². The molecular weight excluding hydrogens is 160 g/mol. The van der Waals surface area contributed by atoms with Crippen LogP contribution in [0, 0.1) is 0 Å². The lowest BCUT2D eigenvalue weighted by molar-refractivity contribution is 0.728. The highest BCUT2D eigenvalue weighted by atomic mass is 14.6. The van der Waals surface area contributed by atoms with Crippen LogP contribution >= 0.6 is 0 Å². The molecule has 0 amide bonds. The van der Waals surface area contributed by atoms with Crippen LogP contribution < -0.4 is 11.5 Å². The molecular formula is C11H16N2. The van der Waals surface area contributed by atoms with Gasteiger partial charge >= 0.3 is 0 Å². The highest BCUT2D eigenvalue weighted by Crippen LogP contribution is 2.39. The third-order valence-electron chi connectivity index (χ3n) is 2.94. The summed E-state index contributed by atoms with van der Waals surface area (Å²) >= 11 is 0. The van der Waals surface area contributed by atoms with E-state index < -0.39 is 0 Å². The van der Waals surface area contributed by atoms with Crippen LogP contribution in [0.1, 0.15) is 37.2 Å². The standard InChI is InChI=1S/C11H16N2/c12-9-6-3-7-10(13)11(9)8-4-1-2-5-8/h3,6-8H,1-2,4-5,12-13H2. The minimum absolute atomic E-state index is 0.612. The van der Waals surface area contributed by atoms with Gasteiger partial charge in [-0.05, 0) is 30.9 Å². The molecule has 1 fully saturated rings. The van der Waals surface area contributed by atoms with Gasteiger partial charge in [-0.25, -0.2) is 0 Å². The molecule has 1 aliphatic carbocycles. The average molecular weight is 176 g/mol. The molecule has 0 atom stereocenters. The Bertz CT molecular complexity index is 281. The maximum atomic E-state index is 5.92. The average Bonchev–Trinajstić information content (AvgIpc) is 2.57. The fourth-order valence-corrected chi connectivity index (χ4v) is 2.29. The summed E-state index contributed by atoms with van der Waals surface area (Å²) in [5, 5.41) is 0. The van der Waals surface area contributed by atoms with Crippen molar-refractivity contribution in [3.63, 3.8) is 0 Å². The second kappa shape index (κ2) is 3.29. The molecule has 0 saturated heterocycles. The molecule has 0 radical (unpaired) electrons. The van der Waals surface area contributed by atoms with E-state index >= 15 is 0 Å². The smallest absolute Gasteiger partial charge is 0.0370 e. The van der Waals surface area contributed by atoms with E-state index in [0.29, 0.717) is 5.92 Å². The summed E-state index contributed by atoms with van der Waals surface area (Å²) in [5.41, 5.74) is 14.8. The molecule has 1 aromatic carbocycles. The highest BCUT2D eigenvalue weighted by Gasteiger charge is 2.20. The second-order valence-electron chi connectivity index (χ2n) is 3.83. The van der Waals surface area contributed by atoms with Crippen LogP contribution in [0.5, 0.6) is 0 Å². The normalized spacial score (nSPS) is 17.8. The molecule has 2 heteroatoms. The molecule has 4 N–H and O–H groups in total. The van der Waals surface area contributed by atoms with Gasteiger partial charge in [0.2, 0.25) is 0 Å². The van der Waals surface area contributed by atoms with Crippen molar-refractivity contribution in [2.24, 2.45) is 0 Å². The van der Waals surface area contributed by atoms with Crippen molar-refractivity contribution >= 4 is 11.4 Å². The quantitative estimate of drug-likeness (QED) is 0.646. The van der Waals surface area contributed by atoms with Gasteiger partial charge in [0.25, 0.3) is 0 Å². The molecule has 0 heterocycles. The summed E-state index contributed by atoms with van der Waals surface area (Å²) in [5.74, 6) is 0.612. The minimum atomic E-state index is 0.612. The Morgan fingerprint density at radius 3 is 2.08 bits per heavy atom. The number of nitrogens with two attached hydrogens (primary N) is 2. The lowest BCUT2D eigenvalue weighted by Crippen LogP contribution is -2.03. The third kappa shape index (κ3) is 1.48. The summed E-state index contributed by atoms with van der Waals surface area (Å²) in [7, 11) is 0. The molecule has 13 heavy (non-hydrogen) atoms. The Labute approximate surface area is 78.9 Å². The van der Waals surface area contributed by atoms with Crippen molar-refractivity contribution in [1.82, 2.24) is 0 Å². The van der Waals surface area contributed by atoms with Crippen molar-refractivity contribution in [3.05, 3.63) is 23.8 Å². The molecule has 1 aliphatic rings. The predicted octanol–water partition coefficient (Wildman–Crippen LogP) is 2.51. The number of benzene rings is 1. The van der Waals surface area contributed by atoms with Gasteiger partial charge in [-0.3, -0.25) is 0 Å². The second-order valence-corrected chi connectivity index (χ2v) is 3.83. The number of hydrogen-bond donors (Lipinski definition) is 2. The fraction of sp³-hybridized carbons (Fsp3) is 0.455. The minimum Gasteiger partial charge on any atom is -0.398 e. The molecule has 2 nitrogen and oxygen atoms in total. The summed E-state index contributed by atoms with van der Waals surface area (Å²) in [6.07, 6.45) is 5.13. The van der Waals surface area contributed by atoms with Crippen LogP contribution in [-0.2, 0) is 0 Å². The van der Waals surface area contributed by atoms with Gasteiger partial charge in [0, 0.05) is 16.9 Å². The van der Waals surface area contributed by atoms with Crippen LogP contribution in [0.4, 0.5) is 11.4 Å². The largest absolute Gasteiger partial charge is 0.398 e. The van der Waals surface area contributed by atoms with Gasteiger partial charge < -0.3 is 11.5 Å². The van der Waals surface area contributed by atoms with Crippen molar-refractivity contribution in [1.29, 1.82) is 0 Å². The first-order valence-corrected chi connectivity index (χ1v) is 4.93. The monoisotopic (exact) mass is 176 g/mol. The zero-order chi connectivity index (χ0) is 9.26. The summed E-state index contributed by atoms with van der Waals surface area (Å²) in [6.45, 7) is 0. The van der Waals surface area contributed by atoms with Crippen molar-refractivity contribution in [3.8, 4) is 0 Å². The van der Waals surface area contributed by atoms with Gasteiger partial charge in [-0.15, -0.1) is 0 Å². The zero-order valence-electron chi connectivity index (χ0n) is 7.79. The molecule has 0 aromatic heterocycles. The van der Waals surface area contributed by atoms with Gasteiger partial charge in [0.15, 0.2) is 0 Å². The summed E-state index contributed by atoms with van der Waals surface area (Å²) in [4.78, 5) is 0. The maximum absolute atomic E-state index is 5.92. The predicted molar refractivity (Wildman–Crippen MR) is 56.5 cm³/mol. The number of anilines is 2. The van der Waals surface area contributed by atoms with E-state index in [-0.39, 0.29) is 0 Å². The topological polar surface area (TPSA) is 52.0 Å². The van der Waals surface area contributed by atoms with Crippen molar-refractivity contribution in [2.45, 2.75) is 31.6 Å². The Morgan fingerprint density at radius 2 is 1.54 bits per heavy atom. The number of hydrogen-bond acceptors (Lipinski definition) is 2. The van der Waals surface area contributed by atoms with Gasteiger partial charge in [0.05, 0.1) is 0 Å². The molecule has 1 aromatic rings.